The number of carbonyl (C=O) groups excluding carboxylic acids is 1. The zero-order chi connectivity index (χ0) is 18.9. The zero-order valence-electron chi connectivity index (χ0n) is 16.3. The largest absolute Gasteiger partial charge is 0.355 e. The third-order valence-electron chi connectivity index (χ3n) is 5.03. The maximum absolute atomic E-state index is 11.8. The van der Waals surface area contributed by atoms with Crippen LogP contribution in [-0.2, 0) is 12.8 Å². The van der Waals surface area contributed by atoms with Crippen LogP contribution in [0.2, 0.25) is 0 Å². The smallest absolute Gasteiger partial charge is 0.251 e. The topological polar surface area (TPSA) is 73.6 Å². The number of aromatic nitrogens is 3. The maximum Gasteiger partial charge on any atom is 0.251 e. The Balaban J connectivity index is 0.000000948. The average Bonchev–Trinajstić information content (AvgIpc) is 3.24. The van der Waals surface area contributed by atoms with Gasteiger partial charge in [-0.05, 0) is 48.9 Å². The van der Waals surface area contributed by atoms with Crippen LogP contribution in [0.3, 0.4) is 0 Å². The molecule has 2 aromatic heterocycles. The van der Waals surface area contributed by atoms with Gasteiger partial charge in [-0.15, -0.1) is 0 Å². The van der Waals surface area contributed by atoms with E-state index in [1.165, 1.54) is 17.7 Å². The summed E-state index contributed by atoms with van der Waals surface area (Å²) >= 11 is 0. The Morgan fingerprint density at radius 2 is 2.00 bits per heavy atom. The van der Waals surface area contributed by atoms with E-state index in [1.54, 1.807) is 7.05 Å². The molecule has 0 fully saturated rings. The third kappa shape index (κ3) is 3.26. The second kappa shape index (κ2) is 6.98. The van der Waals surface area contributed by atoms with E-state index < -0.39 is 0 Å². The summed E-state index contributed by atoms with van der Waals surface area (Å²) in [6.07, 6.45) is 3.26. The van der Waals surface area contributed by atoms with Crippen molar-refractivity contribution in [3.8, 4) is 11.4 Å². The van der Waals surface area contributed by atoms with Crippen LogP contribution in [-0.4, -0.2) is 28.1 Å². The molecule has 4 rings (SSSR count). The molecular weight excluding hydrogens is 324 g/mol. The highest BCUT2D eigenvalue weighted by atomic mass is 16.1. The fraction of sp³-hybridized carbons (Fsp3) is 0.429. The molecule has 5 heteroatoms. The van der Waals surface area contributed by atoms with Crippen molar-refractivity contribution in [1.82, 2.24) is 20.5 Å². The van der Waals surface area contributed by atoms with Gasteiger partial charge in [0.15, 0.2) is 0 Å². The molecule has 2 heterocycles. The normalized spacial score (nSPS) is 15.1. The molecule has 0 aliphatic heterocycles. The summed E-state index contributed by atoms with van der Waals surface area (Å²) in [6, 6.07) is 7.78. The molecule has 3 N–H and O–H groups in total. The van der Waals surface area contributed by atoms with Crippen LogP contribution in [0.5, 0.6) is 0 Å². The van der Waals surface area contributed by atoms with Gasteiger partial charge in [0.05, 0.1) is 5.69 Å². The quantitative estimate of drug-likeness (QED) is 0.637. The number of hydrogen-bond acceptors (Lipinski definition) is 2. The summed E-state index contributed by atoms with van der Waals surface area (Å²) in [6.45, 7) is 8.61. The highest BCUT2D eigenvalue weighted by molar-refractivity contribution is 5.98. The van der Waals surface area contributed by atoms with Crippen molar-refractivity contribution in [2.45, 2.75) is 47.0 Å². The molecule has 0 saturated carbocycles. The average molecular weight is 352 g/mol. The number of aromatic amines is 2. The summed E-state index contributed by atoms with van der Waals surface area (Å²) in [7, 11) is 1.65. The molecule has 0 atom stereocenters. The van der Waals surface area contributed by atoms with Gasteiger partial charge in [-0.25, -0.2) is 0 Å². The number of nitrogens with zero attached hydrogens (tertiary/aromatic N) is 1. The van der Waals surface area contributed by atoms with Gasteiger partial charge < -0.3 is 10.3 Å². The third-order valence-corrected chi connectivity index (χ3v) is 5.03. The maximum atomic E-state index is 11.8. The Hall–Kier alpha value is -2.56. The van der Waals surface area contributed by atoms with E-state index in [9.17, 15) is 4.79 Å². The number of nitrogens with one attached hydrogen (secondary N) is 3. The summed E-state index contributed by atoms with van der Waals surface area (Å²) in [4.78, 5) is 15.2. The molecule has 1 aliphatic carbocycles. The molecule has 0 spiro atoms. The first-order valence-corrected chi connectivity index (χ1v) is 9.38. The Morgan fingerprint density at radius 1 is 1.23 bits per heavy atom. The lowest BCUT2D eigenvalue weighted by molar-refractivity contribution is 0.0963. The number of benzene rings is 1. The summed E-state index contributed by atoms with van der Waals surface area (Å²) in [5.41, 5.74) is 6.62. The number of carbonyl (C=O) groups is 1. The molecule has 5 nitrogen and oxygen atoms in total. The van der Waals surface area contributed by atoms with Crippen molar-refractivity contribution in [3.05, 3.63) is 41.1 Å². The van der Waals surface area contributed by atoms with Gasteiger partial charge in [0.1, 0.15) is 5.69 Å². The Kier molecular flexibility index (Phi) is 4.90. The Labute approximate surface area is 154 Å². The van der Waals surface area contributed by atoms with Crippen molar-refractivity contribution in [2.75, 3.05) is 7.05 Å². The molecule has 1 aromatic carbocycles. The fourth-order valence-electron chi connectivity index (χ4n) is 3.62. The van der Waals surface area contributed by atoms with Gasteiger partial charge in [0, 0.05) is 34.8 Å². The fourth-order valence-corrected chi connectivity index (χ4v) is 3.62. The molecule has 0 radical (unpaired) electrons. The standard InChI is InChI=1S/C19H22N4O.C2H6/c1-19(2)7-6-13-16(10-19)22-23-17(13)15-9-12-8-11(18(24)20-3)4-5-14(12)21-15;1-2/h4-5,8-9,21H,6-7,10H2,1-3H3,(H,20,24)(H,22,23);1-2H3. The first-order valence-electron chi connectivity index (χ1n) is 9.38. The van der Waals surface area contributed by atoms with Crippen LogP contribution in [0.1, 0.15) is 55.7 Å². The van der Waals surface area contributed by atoms with Crippen molar-refractivity contribution in [1.29, 1.82) is 0 Å². The van der Waals surface area contributed by atoms with Gasteiger partial charge >= 0.3 is 0 Å². The second-order valence-electron chi connectivity index (χ2n) is 7.43. The van der Waals surface area contributed by atoms with Gasteiger partial charge in [-0.3, -0.25) is 9.89 Å². The van der Waals surface area contributed by atoms with E-state index in [2.05, 4.69) is 40.4 Å². The molecule has 0 unspecified atom stereocenters. The van der Waals surface area contributed by atoms with Crippen LogP contribution in [0.4, 0.5) is 0 Å². The molecule has 3 aromatic rings. The number of hydrogen-bond donors (Lipinski definition) is 3. The van der Waals surface area contributed by atoms with Gasteiger partial charge in [-0.1, -0.05) is 27.7 Å². The Bertz CT molecular complexity index is 933. The van der Waals surface area contributed by atoms with E-state index in [1.807, 2.05) is 32.0 Å². The van der Waals surface area contributed by atoms with E-state index in [0.29, 0.717) is 11.0 Å². The van der Waals surface area contributed by atoms with E-state index >= 15 is 0 Å². The summed E-state index contributed by atoms with van der Waals surface area (Å²) in [5, 5.41) is 11.5. The van der Waals surface area contributed by atoms with Crippen molar-refractivity contribution >= 4 is 16.8 Å². The zero-order valence-corrected chi connectivity index (χ0v) is 16.3. The molecule has 138 valence electrons. The second-order valence-corrected chi connectivity index (χ2v) is 7.43. The Morgan fingerprint density at radius 3 is 2.73 bits per heavy atom. The van der Waals surface area contributed by atoms with Crippen LogP contribution in [0.25, 0.3) is 22.3 Å². The number of rotatable bonds is 2. The summed E-state index contributed by atoms with van der Waals surface area (Å²) in [5.74, 6) is -0.0703. The minimum Gasteiger partial charge on any atom is -0.355 e. The number of amides is 1. The summed E-state index contributed by atoms with van der Waals surface area (Å²) < 4.78 is 0. The van der Waals surface area contributed by atoms with Crippen LogP contribution in [0, 0.1) is 5.41 Å². The van der Waals surface area contributed by atoms with Gasteiger partial charge in [0.25, 0.3) is 5.91 Å². The molecule has 1 aliphatic rings. The first kappa shape index (κ1) is 18.2. The van der Waals surface area contributed by atoms with Crippen molar-refractivity contribution in [3.63, 3.8) is 0 Å². The first-order chi connectivity index (χ1) is 12.5. The van der Waals surface area contributed by atoms with Gasteiger partial charge in [0.2, 0.25) is 0 Å². The van der Waals surface area contributed by atoms with Crippen molar-refractivity contribution in [2.24, 2.45) is 5.41 Å². The number of fused-ring (bicyclic) bond motifs is 2. The van der Waals surface area contributed by atoms with E-state index in [0.717, 1.165) is 35.1 Å². The monoisotopic (exact) mass is 352 g/mol. The molecule has 1 amide bonds. The lowest BCUT2D eigenvalue weighted by Crippen LogP contribution is -2.21. The number of H-pyrrole nitrogens is 2. The minimum absolute atomic E-state index is 0.0703. The lowest BCUT2D eigenvalue weighted by Gasteiger charge is -2.28. The van der Waals surface area contributed by atoms with Crippen molar-refractivity contribution < 1.29 is 4.79 Å². The minimum atomic E-state index is -0.0703. The molecule has 26 heavy (non-hydrogen) atoms. The SMILES string of the molecule is CC.CNC(=O)c1ccc2[nH]c(-c3n[nH]c4c3CCC(C)(C)C4)cc2c1. The van der Waals surface area contributed by atoms with Crippen LogP contribution < -0.4 is 5.32 Å². The lowest BCUT2D eigenvalue weighted by atomic mass is 9.76. The predicted molar refractivity (Wildman–Crippen MR) is 106 cm³/mol. The highest BCUT2D eigenvalue weighted by Crippen LogP contribution is 2.38. The van der Waals surface area contributed by atoms with Crippen LogP contribution >= 0.6 is 0 Å². The molecule has 0 saturated heterocycles. The van der Waals surface area contributed by atoms with E-state index in [4.69, 9.17) is 0 Å². The molecular formula is C21H28N4O. The predicted octanol–water partition coefficient (Wildman–Crippen LogP) is 4.46. The van der Waals surface area contributed by atoms with Gasteiger partial charge in [-0.2, -0.15) is 5.10 Å². The van der Waals surface area contributed by atoms with E-state index in [-0.39, 0.29) is 5.91 Å². The highest BCUT2D eigenvalue weighted by Gasteiger charge is 2.29. The van der Waals surface area contributed by atoms with Crippen LogP contribution in [0.15, 0.2) is 24.3 Å². The molecule has 0 bridgehead atoms.